The maximum absolute atomic E-state index is 6.00. The summed E-state index contributed by atoms with van der Waals surface area (Å²) in [4.78, 5) is 0. The van der Waals surface area contributed by atoms with E-state index in [9.17, 15) is 0 Å². The van der Waals surface area contributed by atoms with E-state index < -0.39 is 0 Å². The first-order chi connectivity index (χ1) is 9.63. The van der Waals surface area contributed by atoms with Gasteiger partial charge in [-0.3, -0.25) is 0 Å². The van der Waals surface area contributed by atoms with Crippen LogP contribution in [0.25, 0.3) is 0 Å². The van der Waals surface area contributed by atoms with Crippen molar-refractivity contribution in [2.75, 3.05) is 13.2 Å². The lowest BCUT2D eigenvalue weighted by molar-refractivity contribution is 0.0276. The van der Waals surface area contributed by atoms with Crippen LogP contribution in [0.2, 0.25) is 0 Å². The van der Waals surface area contributed by atoms with Crippen molar-refractivity contribution >= 4 is 0 Å². The van der Waals surface area contributed by atoms with Gasteiger partial charge in [0.15, 0.2) is 0 Å². The number of nitrogens with one attached hydrogen (secondary N) is 1. The van der Waals surface area contributed by atoms with Crippen molar-refractivity contribution in [2.24, 2.45) is 0 Å². The highest BCUT2D eigenvalue weighted by molar-refractivity contribution is 5.32. The van der Waals surface area contributed by atoms with E-state index in [2.05, 4.69) is 58.1 Å². The highest BCUT2D eigenvalue weighted by Crippen LogP contribution is 2.25. The quantitative estimate of drug-likeness (QED) is 0.715. The molecule has 1 rings (SSSR count). The van der Waals surface area contributed by atoms with Gasteiger partial charge in [0.25, 0.3) is 0 Å². The van der Waals surface area contributed by atoms with E-state index >= 15 is 0 Å². The van der Waals surface area contributed by atoms with Crippen molar-refractivity contribution in [3.63, 3.8) is 0 Å². The van der Waals surface area contributed by atoms with Gasteiger partial charge < -0.3 is 10.1 Å². The molecule has 0 aliphatic heterocycles. The van der Waals surface area contributed by atoms with Crippen LogP contribution in [0.5, 0.6) is 0 Å². The molecule has 0 heterocycles. The average molecular weight is 277 g/mol. The summed E-state index contributed by atoms with van der Waals surface area (Å²) in [5, 5.41) is 3.68. The van der Waals surface area contributed by atoms with Gasteiger partial charge in [-0.1, -0.05) is 38.5 Å². The molecular formula is C18H31NO. The Kier molecular flexibility index (Phi) is 7.86. The summed E-state index contributed by atoms with van der Waals surface area (Å²) in [7, 11) is 0. The van der Waals surface area contributed by atoms with Gasteiger partial charge in [-0.2, -0.15) is 0 Å². The summed E-state index contributed by atoms with van der Waals surface area (Å²) in [6, 6.07) is 7.08. The minimum absolute atomic E-state index is 0.263. The Hall–Kier alpha value is -0.860. The molecule has 0 saturated carbocycles. The van der Waals surface area contributed by atoms with Crippen LogP contribution < -0.4 is 5.32 Å². The molecule has 0 aromatic heterocycles. The van der Waals surface area contributed by atoms with Crippen LogP contribution in [0.4, 0.5) is 0 Å². The second-order valence-electron chi connectivity index (χ2n) is 5.56. The molecule has 114 valence electrons. The molecule has 2 unspecified atom stereocenters. The van der Waals surface area contributed by atoms with Gasteiger partial charge in [0, 0.05) is 6.61 Å². The monoisotopic (exact) mass is 277 g/mol. The van der Waals surface area contributed by atoms with Gasteiger partial charge in [0.2, 0.25) is 0 Å². The summed E-state index contributed by atoms with van der Waals surface area (Å²) >= 11 is 0. The Morgan fingerprint density at radius 2 is 1.80 bits per heavy atom. The number of rotatable bonds is 9. The minimum Gasteiger partial charge on any atom is -0.377 e. The van der Waals surface area contributed by atoms with Crippen molar-refractivity contribution in [1.29, 1.82) is 0 Å². The van der Waals surface area contributed by atoms with Crippen molar-refractivity contribution in [3.05, 3.63) is 34.9 Å². The highest BCUT2D eigenvalue weighted by atomic mass is 16.5. The molecule has 0 spiro atoms. The first-order valence-electron chi connectivity index (χ1n) is 8.06. The zero-order valence-corrected chi connectivity index (χ0v) is 13.8. The van der Waals surface area contributed by atoms with Gasteiger partial charge in [-0.15, -0.1) is 0 Å². The molecule has 0 fully saturated rings. The summed E-state index contributed by atoms with van der Waals surface area (Å²) < 4.78 is 6.00. The van der Waals surface area contributed by atoms with Crippen LogP contribution in [0.3, 0.4) is 0 Å². The molecule has 2 atom stereocenters. The van der Waals surface area contributed by atoms with E-state index in [1.54, 1.807) is 0 Å². The fourth-order valence-corrected chi connectivity index (χ4v) is 2.57. The van der Waals surface area contributed by atoms with Crippen molar-refractivity contribution < 1.29 is 4.74 Å². The molecule has 0 bridgehead atoms. The predicted molar refractivity (Wildman–Crippen MR) is 87.3 cm³/mol. The summed E-state index contributed by atoms with van der Waals surface area (Å²) in [5.74, 6) is 0. The Bertz CT molecular complexity index is 383. The molecule has 0 amide bonds. The SMILES string of the molecule is CCCNC(c1ccc(C)c(C)c1)C(CCC)OCC. The molecule has 0 radical (unpaired) electrons. The van der Waals surface area contributed by atoms with Gasteiger partial charge in [-0.25, -0.2) is 0 Å². The van der Waals surface area contributed by atoms with Gasteiger partial charge in [-0.05, 0) is 56.8 Å². The largest absolute Gasteiger partial charge is 0.377 e. The van der Waals surface area contributed by atoms with E-state index in [1.165, 1.54) is 16.7 Å². The van der Waals surface area contributed by atoms with Crippen LogP contribution in [0.15, 0.2) is 18.2 Å². The number of ether oxygens (including phenoxy) is 1. The lowest BCUT2D eigenvalue weighted by Crippen LogP contribution is -2.34. The molecule has 1 aromatic rings. The van der Waals surface area contributed by atoms with Gasteiger partial charge >= 0.3 is 0 Å². The zero-order chi connectivity index (χ0) is 15.0. The van der Waals surface area contributed by atoms with E-state index in [0.29, 0.717) is 6.04 Å². The average Bonchev–Trinajstić information content (AvgIpc) is 2.43. The zero-order valence-electron chi connectivity index (χ0n) is 13.8. The van der Waals surface area contributed by atoms with Crippen LogP contribution in [0, 0.1) is 13.8 Å². The van der Waals surface area contributed by atoms with Crippen molar-refractivity contribution in [2.45, 2.75) is 66.0 Å². The number of hydrogen-bond acceptors (Lipinski definition) is 2. The fourth-order valence-electron chi connectivity index (χ4n) is 2.57. The number of hydrogen-bond donors (Lipinski definition) is 1. The number of aryl methyl sites for hydroxylation is 2. The fraction of sp³-hybridized carbons (Fsp3) is 0.667. The van der Waals surface area contributed by atoms with Gasteiger partial charge in [0.1, 0.15) is 0 Å². The maximum atomic E-state index is 6.00. The predicted octanol–water partition coefficient (Wildman–Crippen LogP) is 4.55. The third-order valence-corrected chi connectivity index (χ3v) is 3.83. The number of benzene rings is 1. The smallest absolute Gasteiger partial charge is 0.0769 e. The standard InChI is InChI=1S/C18H31NO/c1-6-9-17(20-8-3)18(19-12-7-2)16-11-10-14(4)15(5)13-16/h10-11,13,17-19H,6-9,12H2,1-5H3. The first kappa shape index (κ1) is 17.2. The third-order valence-electron chi connectivity index (χ3n) is 3.83. The topological polar surface area (TPSA) is 21.3 Å². The van der Waals surface area contributed by atoms with Crippen LogP contribution >= 0.6 is 0 Å². The minimum atomic E-state index is 0.263. The molecule has 2 heteroatoms. The molecule has 20 heavy (non-hydrogen) atoms. The maximum Gasteiger partial charge on any atom is 0.0769 e. The van der Waals surface area contributed by atoms with Crippen LogP contribution in [-0.2, 0) is 4.74 Å². The van der Waals surface area contributed by atoms with Crippen molar-refractivity contribution in [1.82, 2.24) is 5.32 Å². The molecule has 0 aliphatic carbocycles. The third kappa shape index (κ3) is 4.92. The van der Waals surface area contributed by atoms with E-state index in [0.717, 1.165) is 32.4 Å². The van der Waals surface area contributed by atoms with E-state index in [4.69, 9.17) is 4.74 Å². The summed E-state index contributed by atoms with van der Waals surface area (Å²) in [6.45, 7) is 12.7. The lowest BCUT2D eigenvalue weighted by atomic mass is 9.95. The molecular weight excluding hydrogens is 246 g/mol. The normalized spacial score (nSPS) is 14.2. The Morgan fingerprint density at radius 3 is 2.35 bits per heavy atom. The Morgan fingerprint density at radius 1 is 1.05 bits per heavy atom. The second kappa shape index (κ2) is 9.15. The first-order valence-corrected chi connectivity index (χ1v) is 8.06. The van der Waals surface area contributed by atoms with E-state index in [1.807, 2.05) is 0 Å². The molecule has 1 aromatic carbocycles. The Balaban J connectivity index is 2.98. The Labute approximate surface area is 124 Å². The molecule has 2 nitrogen and oxygen atoms in total. The lowest BCUT2D eigenvalue weighted by Gasteiger charge is -2.29. The second-order valence-corrected chi connectivity index (χ2v) is 5.56. The van der Waals surface area contributed by atoms with E-state index in [-0.39, 0.29) is 6.10 Å². The molecule has 0 aliphatic rings. The van der Waals surface area contributed by atoms with Gasteiger partial charge in [0.05, 0.1) is 12.1 Å². The summed E-state index contributed by atoms with van der Waals surface area (Å²) in [5.41, 5.74) is 4.07. The van der Waals surface area contributed by atoms with Crippen LogP contribution in [-0.4, -0.2) is 19.3 Å². The molecule has 0 saturated heterocycles. The summed E-state index contributed by atoms with van der Waals surface area (Å²) in [6.07, 6.45) is 3.66. The van der Waals surface area contributed by atoms with Crippen molar-refractivity contribution in [3.8, 4) is 0 Å². The molecule has 1 N–H and O–H groups in total. The highest BCUT2D eigenvalue weighted by Gasteiger charge is 2.22. The van der Waals surface area contributed by atoms with Crippen LogP contribution in [0.1, 0.15) is 62.8 Å².